The Labute approximate surface area is 115 Å². The van der Waals surface area contributed by atoms with Crippen molar-refractivity contribution in [2.45, 2.75) is 6.18 Å². The Balaban J connectivity index is 2.42. The molecule has 0 saturated carbocycles. The summed E-state index contributed by atoms with van der Waals surface area (Å²) in [6.07, 6.45) is -4.41. The van der Waals surface area contributed by atoms with Crippen LogP contribution in [0.15, 0.2) is 35.7 Å². The van der Waals surface area contributed by atoms with Crippen molar-refractivity contribution >= 4 is 38.2 Å². The molecule has 2 nitrogen and oxygen atoms in total. The van der Waals surface area contributed by atoms with Crippen molar-refractivity contribution in [1.29, 1.82) is 0 Å². The first kappa shape index (κ1) is 12.9. The van der Waals surface area contributed by atoms with Gasteiger partial charge in [0.1, 0.15) is 0 Å². The molecular weight excluding hydrogens is 289 g/mol. The summed E-state index contributed by atoms with van der Waals surface area (Å²) >= 11 is 1.21. The fourth-order valence-electron chi connectivity index (χ4n) is 2.20. The van der Waals surface area contributed by atoms with Gasteiger partial charge in [0, 0.05) is 10.1 Å². The molecule has 0 radical (unpaired) electrons. The summed E-state index contributed by atoms with van der Waals surface area (Å²) in [5.74, 6) is -1.08. The van der Waals surface area contributed by atoms with Gasteiger partial charge in [0.05, 0.1) is 11.1 Å². The number of aromatic carboxylic acids is 1. The van der Waals surface area contributed by atoms with Crippen LogP contribution >= 0.6 is 11.3 Å². The summed E-state index contributed by atoms with van der Waals surface area (Å²) in [5, 5.41) is 12.3. The third-order valence-electron chi connectivity index (χ3n) is 3.11. The quantitative estimate of drug-likeness (QED) is 0.702. The second-order valence-corrected chi connectivity index (χ2v) is 5.24. The van der Waals surface area contributed by atoms with Crippen LogP contribution in [0.3, 0.4) is 0 Å². The highest BCUT2D eigenvalue weighted by atomic mass is 32.1. The van der Waals surface area contributed by atoms with Crippen LogP contribution in [0.5, 0.6) is 0 Å². The van der Waals surface area contributed by atoms with Gasteiger partial charge in [0.2, 0.25) is 0 Å². The van der Waals surface area contributed by atoms with E-state index in [0.29, 0.717) is 20.9 Å². The maximum Gasteiger partial charge on any atom is 0.416 e. The lowest BCUT2D eigenvalue weighted by atomic mass is 10.0. The zero-order chi connectivity index (χ0) is 14.5. The molecule has 0 saturated heterocycles. The number of alkyl halides is 3. The van der Waals surface area contributed by atoms with Gasteiger partial charge in [-0.05, 0) is 40.4 Å². The van der Waals surface area contributed by atoms with E-state index in [1.54, 1.807) is 11.4 Å². The van der Waals surface area contributed by atoms with Crippen molar-refractivity contribution in [2.75, 3.05) is 0 Å². The average molecular weight is 296 g/mol. The Morgan fingerprint density at radius 3 is 2.50 bits per heavy atom. The lowest BCUT2D eigenvalue weighted by Crippen LogP contribution is -2.04. The molecule has 3 aromatic rings. The summed E-state index contributed by atoms with van der Waals surface area (Å²) in [7, 11) is 0. The third kappa shape index (κ3) is 1.92. The van der Waals surface area contributed by atoms with Crippen LogP contribution in [-0.2, 0) is 6.18 Å². The highest BCUT2D eigenvalue weighted by Crippen LogP contribution is 2.36. The van der Waals surface area contributed by atoms with E-state index in [1.165, 1.54) is 23.5 Å². The van der Waals surface area contributed by atoms with E-state index in [-0.39, 0.29) is 5.56 Å². The number of hydrogen-bond acceptors (Lipinski definition) is 2. The first-order chi connectivity index (χ1) is 9.38. The molecule has 1 N–H and O–H groups in total. The maximum atomic E-state index is 12.8. The minimum absolute atomic E-state index is 0.113. The molecule has 1 aromatic heterocycles. The second kappa shape index (κ2) is 4.21. The number of carboxylic acid groups (broad SMARTS) is 1. The Bertz CT molecular complexity index is 833. The van der Waals surface area contributed by atoms with Crippen LogP contribution in [-0.4, -0.2) is 11.1 Å². The standard InChI is InChI=1S/C14H7F3O2S/c15-14(16,17)8-2-1-7-5-11(13(18)19)12-9(3-4-20-12)10(7)6-8/h1-6H,(H,18,19). The van der Waals surface area contributed by atoms with Crippen molar-refractivity contribution < 1.29 is 23.1 Å². The van der Waals surface area contributed by atoms with Crippen LogP contribution in [0.1, 0.15) is 15.9 Å². The molecule has 0 bridgehead atoms. The Morgan fingerprint density at radius 2 is 1.85 bits per heavy atom. The molecular formula is C14H7F3O2S. The number of fused-ring (bicyclic) bond motifs is 3. The van der Waals surface area contributed by atoms with E-state index in [2.05, 4.69) is 0 Å². The lowest BCUT2D eigenvalue weighted by Gasteiger charge is -2.09. The van der Waals surface area contributed by atoms with E-state index >= 15 is 0 Å². The summed E-state index contributed by atoms with van der Waals surface area (Å²) in [6, 6.07) is 6.40. The van der Waals surface area contributed by atoms with Crippen LogP contribution in [0, 0.1) is 0 Å². The first-order valence-corrected chi connectivity index (χ1v) is 6.50. The zero-order valence-corrected chi connectivity index (χ0v) is 10.7. The Hall–Kier alpha value is -2.08. The topological polar surface area (TPSA) is 37.3 Å². The van der Waals surface area contributed by atoms with E-state index in [4.69, 9.17) is 0 Å². The van der Waals surface area contributed by atoms with Gasteiger partial charge in [0.25, 0.3) is 0 Å². The van der Waals surface area contributed by atoms with E-state index in [0.717, 1.165) is 12.1 Å². The van der Waals surface area contributed by atoms with Crippen LogP contribution in [0.4, 0.5) is 13.2 Å². The zero-order valence-electron chi connectivity index (χ0n) is 9.86. The molecule has 2 aromatic carbocycles. The maximum absolute atomic E-state index is 12.8. The van der Waals surface area contributed by atoms with Crippen molar-refractivity contribution in [3.8, 4) is 0 Å². The van der Waals surface area contributed by atoms with Crippen LogP contribution in [0.2, 0.25) is 0 Å². The summed E-state index contributed by atoms with van der Waals surface area (Å²) in [5.41, 5.74) is -0.622. The Morgan fingerprint density at radius 1 is 1.10 bits per heavy atom. The van der Waals surface area contributed by atoms with Crippen molar-refractivity contribution in [3.05, 3.63) is 46.8 Å². The van der Waals surface area contributed by atoms with Gasteiger partial charge in [-0.1, -0.05) is 6.07 Å². The highest BCUT2D eigenvalue weighted by molar-refractivity contribution is 7.17. The van der Waals surface area contributed by atoms with Gasteiger partial charge < -0.3 is 5.11 Å². The van der Waals surface area contributed by atoms with Gasteiger partial charge in [-0.15, -0.1) is 11.3 Å². The Kier molecular flexibility index (Phi) is 2.72. The molecule has 0 aliphatic heterocycles. The van der Waals surface area contributed by atoms with Gasteiger partial charge in [-0.2, -0.15) is 13.2 Å². The molecule has 20 heavy (non-hydrogen) atoms. The van der Waals surface area contributed by atoms with Crippen molar-refractivity contribution in [3.63, 3.8) is 0 Å². The van der Waals surface area contributed by atoms with Crippen molar-refractivity contribution in [1.82, 2.24) is 0 Å². The second-order valence-electron chi connectivity index (χ2n) is 4.33. The number of rotatable bonds is 1. The number of thiophene rings is 1. The first-order valence-electron chi connectivity index (χ1n) is 5.62. The molecule has 0 fully saturated rings. The summed E-state index contributed by atoms with van der Waals surface area (Å²) < 4.78 is 38.8. The van der Waals surface area contributed by atoms with E-state index < -0.39 is 17.7 Å². The number of carboxylic acids is 1. The fourth-order valence-corrected chi connectivity index (χ4v) is 3.12. The molecule has 102 valence electrons. The molecule has 3 rings (SSSR count). The van der Waals surface area contributed by atoms with Gasteiger partial charge in [0.15, 0.2) is 0 Å². The fraction of sp³-hybridized carbons (Fsp3) is 0.0714. The largest absolute Gasteiger partial charge is 0.478 e. The number of halogens is 3. The van der Waals surface area contributed by atoms with Crippen LogP contribution < -0.4 is 0 Å². The summed E-state index contributed by atoms with van der Waals surface area (Å²) in [6.45, 7) is 0. The number of benzene rings is 2. The van der Waals surface area contributed by atoms with Crippen molar-refractivity contribution in [2.24, 2.45) is 0 Å². The minimum Gasteiger partial charge on any atom is -0.478 e. The lowest BCUT2D eigenvalue weighted by molar-refractivity contribution is -0.137. The normalized spacial score (nSPS) is 12.2. The average Bonchev–Trinajstić information content (AvgIpc) is 2.85. The van der Waals surface area contributed by atoms with Gasteiger partial charge >= 0.3 is 12.1 Å². The molecule has 0 amide bonds. The smallest absolute Gasteiger partial charge is 0.416 e. The monoisotopic (exact) mass is 296 g/mol. The molecule has 0 atom stereocenters. The highest BCUT2D eigenvalue weighted by Gasteiger charge is 2.30. The van der Waals surface area contributed by atoms with Gasteiger partial charge in [-0.25, -0.2) is 4.79 Å². The molecule has 0 aliphatic carbocycles. The minimum atomic E-state index is -4.41. The molecule has 1 heterocycles. The molecule has 6 heteroatoms. The van der Waals surface area contributed by atoms with E-state index in [1.807, 2.05) is 0 Å². The molecule has 0 aliphatic rings. The van der Waals surface area contributed by atoms with Crippen LogP contribution in [0.25, 0.3) is 20.9 Å². The predicted octanol–water partition coefficient (Wildman–Crippen LogP) is 4.77. The number of carbonyl (C=O) groups is 1. The SMILES string of the molecule is O=C(O)c1cc2ccc(C(F)(F)F)cc2c2ccsc12. The summed E-state index contributed by atoms with van der Waals surface area (Å²) in [4.78, 5) is 11.2. The molecule has 0 unspecified atom stereocenters. The predicted molar refractivity (Wildman–Crippen MR) is 71.3 cm³/mol. The third-order valence-corrected chi connectivity index (χ3v) is 4.06. The van der Waals surface area contributed by atoms with E-state index in [9.17, 15) is 23.1 Å². The van der Waals surface area contributed by atoms with Gasteiger partial charge in [-0.3, -0.25) is 0 Å². The molecule has 0 spiro atoms. The number of hydrogen-bond donors (Lipinski definition) is 1.